The second-order valence-electron chi connectivity index (χ2n) is 26.2. The minimum atomic E-state index is -1.49. The lowest BCUT2D eigenvalue weighted by molar-refractivity contribution is 0.425. The summed E-state index contributed by atoms with van der Waals surface area (Å²) in [6, 6.07) is 128. The molecule has 0 saturated carbocycles. The van der Waals surface area contributed by atoms with Gasteiger partial charge < -0.3 is 10.0 Å². The van der Waals surface area contributed by atoms with Crippen molar-refractivity contribution in [2.24, 2.45) is 0 Å². The molecule has 0 unspecified atom stereocenters. The number of hydrogen-bond acceptors (Lipinski definition) is 6. The van der Waals surface area contributed by atoms with Gasteiger partial charge in [0.15, 0.2) is 11.6 Å². The number of nitrogens with zero attached hydrogens (tertiary/aromatic N) is 4. The predicted molar refractivity (Wildman–Crippen MR) is 419 cm³/mol. The normalized spacial score (nSPS) is 12.8. The highest BCUT2D eigenvalue weighted by molar-refractivity contribution is 9.10. The van der Waals surface area contributed by atoms with Crippen LogP contribution in [-0.2, 0) is 10.8 Å². The second kappa shape index (κ2) is 25.8. The first-order chi connectivity index (χ1) is 50.3. The van der Waals surface area contributed by atoms with Crippen molar-refractivity contribution in [3.8, 4) is 123 Å². The lowest BCUT2D eigenvalue weighted by Gasteiger charge is -2.30. The van der Waals surface area contributed by atoms with Gasteiger partial charge in [-0.3, -0.25) is 0 Å². The van der Waals surface area contributed by atoms with Crippen molar-refractivity contribution in [1.29, 1.82) is 0 Å². The molecular formula is C94H62BBrN4O2. The summed E-state index contributed by atoms with van der Waals surface area (Å²) in [5.74, 6) is 1.45. The molecule has 480 valence electrons. The molecule has 2 spiro atoms. The van der Waals surface area contributed by atoms with Gasteiger partial charge in [-0.25, -0.2) is 19.9 Å². The van der Waals surface area contributed by atoms with E-state index in [0.29, 0.717) is 5.46 Å². The van der Waals surface area contributed by atoms with Gasteiger partial charge in [-0.05, 0) is 142 Å². The molecule has 16 aromatic rings. The summed E-state index contributed by atoms with van der Waals surface area (Å²) < 4.78 is 1.03. The van der Waals surface area contributed by atoms with Crippen molar-refractivity contribution in [2.45, 2.75) is 10.8 Å². The van der Waals surface area contributed by atoms with Crippen molar-refractivity contribution in [3.05, 3.63) is 413 Å². The van der Waals surface area contributed by atoms with Crippen LogP contribution in [0.15, 0.2) is 368 Å². The fourth-order valence-electron chi connectivity index (χ4n) is 16.2. The minimum Gasteiger partial charge on any atom is -0.423 e. The smallest absolute Gasteiger partial charge is 0.423 e. The molecule has 20 rings (SSSR count). The van der Waals surface area contributed by atoms with Gasteiger partial charge in [0, 0.05) is 37.9 Å². The average Bonchev–Trinajstić information content (AvgIpc) is 1.52. The van der Waals surface area contributed by atoms with E-state index in [1.807, 2.05) is 109 Å². The van der Waals surface area contributed by atoms with E-state index >= 15 is 0 Å². The van der Waals surface area contributed by atoms with Crippen molar-refractivity contribution < 1.29 is 10.0 Å². The SMILES string of the molecule is Brc1cccc(-c2cc(-c3ccccc3)nc(-c3ccccc3)n2)c1.OB(O)c1ccc2c(c1)C1(c3ccccc3-c3ccccc31)c1ccccc1-2.c1ccc(-c2cc(-c3cccc(-c4ccc5c(c4)C4(c6ccccc6-c6ccccc64)c4ccccc4-5)c3)nc(-c3ccccc3)n2)cc1. The minimum absolute atomic E-state index is 0.367. The molecule has 0 amide bonds. The fraction of sp³-hybridized carbons (Fsp3) is 0.0213. The largest absolute Gasteiger partial charge is 0.488 e. The van der Waals surface area contributed by atoms with Gasteiger partial charge in [-0.2, -0.15) is 0 Å². The first kappa shape index (κ1) is 62.0. The monoisotopic (exact) mass is 1370 g/mol. The van der Waals surface area contributed by atoms with Crippen LogP contribution in [-0.4, -0.2) is 37.1 Å². The summed E-state index contributed by atoms with van der Waals surface area (Å²) in [7, 11) is -1.49. The van der Waals surface area contributed by atoms with Crippen LogP contribution in [0.25, 0.3) is 123 Å². The van der Waals surface area contributed by atoms with E-state index in [4.69, 9.17) is 19.9 Å². The topological polar surface area (TPSA) is 92.0 Å². The summed E-state index contributed by atoms with van der Waals surface area (Å²) in [6.45, 7) is 0. The average molecular weight is 1370 g/mol. The van der Waals surface area contributed by atoms with Gasteiger partial charge in [-0.1, -0.05) is 344 Å². The molecule has 4 aliphatic carbocycles. The van der Waals surface area contributed by atoms with Gasteiger partial charge in [0.1, 0.15) is 0 Å². The van der Waals surface area contributed by atoms with Gasteiger partial charge in [0.2, 0.25) is 0 Å². The zero-order valence-electron chi connectivity index (χ0n) is 55.3. The molecule has 0 radical (unpaired) electrons. The van der Waals surface area contributed by atoms with Crippen molar-refractivity contribution in [3.63, 3.8) is 0 Å². The molecule has 102 heavy (non-hydrogen) atoms. The van der Waals surface area contributed by atoms with Crippen molar-refractivity contribution in [1.82, 2.24) is 19.9 Å². The number of fused-ring (bicyclic) bond motifs is 20. The Bertz CT molecular complexity index is 5670. The molecule has 14 aromatic carbocycles. The molecule has 8 heteroatoms. The molecule has 6 nitrogen and oxygen atoms in total. The van der Waals surface area contributed by atoms with Gasteiger partial charge >= 0.3 is 7.12 Å². The molecule has 2 heterocycles. The predicted octanol–water partition coefficient (Wildman–Crippen LogP) is 21.4. The molecule has 0 fully saturated rings. The standard InChI is InChI=1S/C47H30N2.C25H17BO2.C22H15BrN2/c1-3-14-31(15-4-1)44-30-45(49-46(48-44)32-16-5-2-6-17-32)35-19-13-18-33(28-35)34-26-27-39-38-22-9-12-25-42(38)47(43(39)29-34)40-23-10-7-20-36(40)37-21-8-11-24-41(37)47;27-26(28)16-13-14-20-19-9-3-6-12-23(19)25(24(20)15-16)21-10-4-1-7-17(21)18-8-2-5-11-22(18)25;23-19-13-7-12-18(14-19)21-15-20(16-8-3-1-4-9-16)24-22(25-21)17-10-5-2-6-11-17/h1-30H;1-15,27-28H;1-15H. The summed E-state index contributed by atoms with van der Waals surface area (Å²) in [5.41, 5.74) is 32.4. The van der Waals surface area contributed by atoms with E-state index in [0.717, 1.165) is 89.0 Å². The van der Waals surface area contributed by atoms with Gasteiger partial charge in [0.05, 0.1) is 33.6 Å². The maximum atomic E-state index is 9.85. The number of benzene rings is 14. The van der Waals surface area contributed by atoms with Crippen molar-refractivity contribution in [2.75, 3.05) is 0 Å². The van der Waals surface area contributed by atoms with E-state index in [9.17, 15) is 10.0 Å². The Balaban J connectivity index is 0.000000119. The van der Waals surface area contributed by atoms with Crippen LogP contribution < -0.4 is 5.46 Å². The Hall–Kier alpha value is -12.3. The quantitative estimate of drug-likeness (QED) is 0.147. The summed E-state index contributed by atoms with van der Waals surface area (Å²) in [5, 5.41) is 19.7. The summed E-state index contributed by atoms with van der Waals surface area (Å²) in [4.78, 5) is 19.7. The fourth-order valence-corrected chi connectivity index (χ4v) is 16.6. The number of halogens is 1. The highest BCUT2D eigenvalue weighted by atomic mass is 79.9. The van der Waals surface area contributed by atoms with E-state index < -0.39 is 12.5 Å². The molecule has 0 atom stereocenters. The Morgan fingerprint density at radius 3 is 0.882 bits per heavy atom. The van der Waals surface area contributed by atoms with Crippen LogP contribution >= 0.6 is 15.9 Å². The number of aromatic nitrogens is 4. The van der Waals surface area contributed by atoms with E-state index in [1.165, 1.54) is 83.5 Å². The van der Waals surface area contributed by atoms with Crippen LogP contribution in [0.1, 0.15) is 44.5 Å². The number of rotatable bonds is 8. The van der Waals surface area contributed by atoms with Gasteiger partial charge in [-0.15, -0.1) is 0 Å². The lowest BCUT2D eigenvalue weighted by atomic mass is 9.68. The molecule has 4 aliphatic rings. The highest BCUT2D eigenvalue weighted by Crippen LogP contribution is 2.64. The molecule has 0 aliphatic heterocycles. The van der Waals surface area contributed by atoms with E-state index in [1.54, 1.807) is 0 Å². The molecule has 0 saturated heterocycles. The molecule has 0 bridgehead atoms. The molecule has 2 N–H and O–H groups in total. The van der Waals surface area contributed by atoms with Crippen LogP contribution in [0.4, 0.5) is 0 Å². The van der Waals surface area contributed by atoms with Crippen LogP contribution in [0.5, 0.6) is 0 Å². The first-order valence-electron chi connectivity index (χ1n) is 34.4. The number of hydrogen-bond donors (Lipinski definition) is 2. The molecular weight excluding hydrogens is 1310 g/mol. The zero-order chi connectivity index (χ0) is 68.3. The lowest BCUT2D eigenvalue weighted by Crippen LogP contribution is -2.32. The summed E-state index contributed by atoms with van der Waals surface area (Å²) >= 11 is 3.54. The molecule has 2 aromatic heterocycles. The Morgan fingerprint density at radius 2 is 0.500 bits per heavy atom. The van der Waals surface area contributed by atoms with Crippen LogP contribution in [0.2, 0.25) is 0 Å². The van der Waals surface area contributed by atoms with Gasteiger partial charge in [0.25, 0.3) is 0 Å². The Morgan fingerprint density at radius 1 is 0.216 bits per heavy atom. The van der Waals surface area contributed by atoms with E-state index in [-0.39, 0.29) is 5.41 Å². The van der Waals surface area contributed by atoms with Crippen molar-refractivity contribution >= 4 is 28.5 Å². The summed E-state index contributed by atoms with van der Waals surface area (Å²) in [6.07, 6.45) is 0. The maximum absolute atomic E-state index is 9.85. The van der Waals surface area contributed by atoms with E-state index in [2.05, 4.69) is 271 Å². The first-order valence-corrected chi connectivity index (χ1v) is 35.2. The Labute approximate surface area is 601 Å². The van der Waals surface area contributed by atoms with Crippen LogP contribution in [0, 0.1) is 0 Å². The third-order valence-electron chi connectivity index (χ3n) is 20.6. The third-order valence-corrected chi connectivity index (χ3v) is 21.1. The second-order valence-corrected chi connectivity index (χ2v) is 27.1. The highest BCUT2D eigenvalue weighted by Gasteiger charge is 2.53. The third kappa shape index (κ3) is 10.4. The zero-order valence-corrected chi connectivity index (χ0v) is 56.9. The maximum Gasteiger partial charge on any atom is 0.488 e. The Kier molecular flexibility index (Phi) is 15.7. The van der Waals surface area contributed by atoms with Crippen LogP contribution in [0.3, 0.4) is 0 Å².